The highest BCUT2D eigenvalue weighted by atomic mass is 31.2. The van der Waals surface area contributed by atoms with Gasteiger partial charge < -0.3 is 24.6 Å². The third-order valence-corrected chi connectivity index (χ3v) is 9.92. The summed E-state index contributed by atoms with van der Waals surface area (Å²) in [7, 11) is -4.52. The Morgan fingerprint density at radius 3 is 1.56 bits per heavy atom. The lowest BCUT2D eigenvalue weighted by molar-refractivity contribution is -0.154. The standard InChI is InChI=1S/C45H81O9P/c1-3-5-7-9-11-13-15-17-18-19-20-21-22-23-24-25-26-28-30-32-34-36-38-51-41-44(42-53-55(49,50)52-40-43(47)39-46)54-45(48)37-35-33-31-29-27-16-14-12-10-8-6-4-2/h5,7,11,13,17-18,20-21,23-24,43-44,46-47H,3-4,6,8-10,12,14-16,19,22,25-42H2,1-2H3,(H,49,50)/b7-5-,13-11-,18-17-,21-20-,24-23-. The molecular weight excluding hydrogens is 715 g/mol. The summed E-state index contributed by atoms with van der Waals surface area (Å²) in [5, 5.41) is 18.3. The molecule has 0 aromatic heterocycles. The fourth-order valence-electron chi connectivity index (χ4n) is 5.68. The van der Waals surface area contributed by atoms with Crippen molar-refractivity contribution in [2.45, 2.75) is 187 Å². The number of aliphatic hydroxyl groups is 2. The molecule has 0 spiro atoms. The molecule has 0 bridgehead atoms. The van der Waals surface area contributed by atoms with Gasteiger partial charge in [0, 0.05) is 13.0 Å². The molecule has 0 saturated carbocycles. The summed E-state index contributed by atoms with van der Waals surface area (Å²) in [5.74, 6) is -0.391. The molecule has 55 heavy (non-hydrogen) atoms. The van der Waals surface area contributed by atoms with E-state index < -0.39 is 39.2 Å². The molecule has 320 valence electrons. The molecule has 0 fully saturated rings. The quantitative estimate of drug-likeness (QED) is 0.0239. The molecular formula is C45H81O9P. The summed E-state index contributed by atoms with van der Waals surface area (Å²) in [5.41, 5.74) is 0. The second kappa shape index (κ2) is 41.8. The number of phosphoric acid groups is 1. The van der Waals surface area contributed by atoms with Gasteiger partial charge in [0.1, 0.15) is 12.2 Å². The van der Waals surface area contributed by atoms with E-state index in [1.54, 1.807) is 0 Å². The predicted molar refractivity (Wildman–Crippen MR) is 228 cm³/mol. The summed E-state index contributed by atoms with van der Waals surface area (Å²) >= 11 is 0. The molecule has 0 aromatic rings. The molecule has 9 nitrogen and oxygen atoms in total. The zero-order valence-electron chi connectivity index (χ0n) is 34.9. The molecule has 10 heteroatoms. The first-order valence-corrected chi connectivity index (χ1v) is 23.3. The fraction of sp³-hybridized carbons (Fsp3) is 0.756. The Bertz CT molecular complexity index is 1040. The van der Waals surface area contributed by atoms with Crippen molar-refractivity contribution in [1.82, 2.24) is 0 Å². The van der Waals surface area contributed by atoms with Crippen LogP contribution in [0.3, 0.4) is 0 Å². The van der Waals surface area contributed by atoms with Gasteiger partial charge in [0.05, 0.1) is 26.4 Å². The lowest BCUT2D eigenvalue weighted by Crippen LogP contribution is -2.29. The van der Waals surface area contributed by atoms with Crippen molar-refractivity contribution in [2.24, 2.45) is 0 Å². The van der Waals surface area contributed by atoms with Crippen molar-refractivity contribution in [3.63, 3.8) is 0 Å². The molecule has 3 atom stereocenters. The largest absolute Gasteiger partial charge is 0.472 e. The van der Waals surface area contributed by atoms with Gasteiger partial charge in [-0.15, -0.1) is 0 Å². The number of ether oxygens (including phenoxy) is 2. The summed E-state index contributed by atoms with van der Waals surface area (Å²) < 4.78 is 33.3. The smallest absolute Gasteiger partial charge is 0.457 e. The lowest BCUT2D eigenvalue weighted by atomic mass is 10.0. The zero-order valence-corrected chi connectivity index (χ0v) is 35.8. The van der Waals surface area contributed by atoms with Gasteiger partial charge in [0.2, 0.25) is 0 Å². The predicted octanol–water partition coefficient (Wildman–Crippen LogP) is 12.0. The van der Waals surface area contributed by atoms with Crippen LogP contribution in [-0.2, 0) is 27.9 Å². The molecule has 3 N–H and O–H groups in total. The minimum absolute atomic E-state index is 0.0384. The maximum atomic E-state index is 12.6. The van der Waals surface area contributed by atoms with Crippen LogP contribution < -0.4 is 0 Å². The Kier molecular flexibility index (Phi) is 40.4. The third kappa shape index (κ3) is 41.6. The number of allylic oxidation sites excluding steroid dienone is 10. The van der Waals surface area contributed by atoms with Crippen LogP contribution in [0, 0.1) is 0 Å². The van der Waals surface area contributed by atoms with E-state index in [2.05, 4.69) is 74.6 Å². The summed E-state index contributed by atoms with van der Waals surface area (Å²) in [6, 6.07) is 0. The zero-order chi connectivity index (χ0) is 40.3. The Labute approximate surface area is 336 Å². The van der Waals surface area contributed by atoms with Gasteiger partial charge in [-0.05, 0) is 57.8 Å². The topological polar surface area (TPSA) is 132 Å². The first-order chi connectivity index (χ1) is 26.8. The van der Waals surface area contributed by atoms with Gasteiger partial charge in [0.15, 0.2) is 0 Å². The molecule has 0 aromatic carbocycles. The van der Waals surface area contributed by atoms with Crippen molar-refractivity contribution in [1.29, 1.82) is 0 Å². The second-order valence-corrected chi connectivity index (χ2v) is 15.8. The van der Waals surface area contributed by atoms with Crippen LogP contribution in [0.4, 0.5) is 0 Å². The van der Waals surface area contributed by atoms with Crippen LogP contribution in [0.2, 0.25) is 0 Å². The molecule has 0 saturated heterocycles. The highest BCUT2D eigenvalue weighted by molar-refractivity contribution is 7.47. The second-order valence-electron chi connectivity index (χ2n) is 14.3. The Hall–Kier alpha value is -1.84. The maximum absolute atomic E-state index is 12.6. The van der Waals surface area contributed by atoms with Crippen molar-refractivity contribution < 1.29 is 43.0 Å². The normalized spacial score (nSPS) is 14.6. The van der Waals surface area contributed by atoms with Gasteiger partial charge >= 0.3 is 13.8 Å². The van der Waals surface area contributed by atoms with Crippen LogP contribution in [0.1, 0.15) is 174 Å². The van der Waals surface area contributed by atoms with Gasteiger partial charge in [-0.3, -0.25) is 13.8 Å². The van der Waals surface area contributed by atoms with E-state index >= 15 is 0 Å². The fourth-order valence-corrected chi connectivity index (χ4v) is 6.47. The Morgan fingerprint density at radius 2 is 1.04 bits per heavy atom. The van der Waals surface area contributed by atoms with Crippen molar-refractivity contribution in [3.8, 4) is 0 Å². The van der Waals surface area contributed by atoms with E-state index in [1.807, 2.05) is 0 Å². The van der Waals surface area contributed by atoms with E-state index in [4.69, 9.17) is 23.6 Å². The summed E-state index contributed by atoms with van der Waals surface area (Å²) in [4.78, 5) is 22.5. The van der Waals surface area contributed by atoms with E-state index in [-0.39, 0.29) is 19.6 Å². The first kappa shape index (κ1) is 53.2. The number of carbonyl (C=O) groups excluding carboxylic acids is 1. The maximum Gasteiger partial charge on any atom is 0.472 e. The Morgan fingerprint density at radius 1 is 0.582 bits per heavy atom. The van der Waals surface area contributed by atoms with Crippen molar-refractivity contribution in [3.05, 3.63) is 60.8 Å². The minimum atomic E-state index is -4.52. The number of phosphoric ester groups is 1. The number of aliphatic hydroxyl groups excluding tert-OH is 2. The van der Waals surface area contributed by atoms with Gasteiger partial charge in [-0.25, -0.2) is 4.57 Å². The van der Waals surface area contributed by atoms with E-state index in [1.165, 1.54) is 77.0 Å². The number of unbranched alkanes of at least 4 members (excludes halogenated alkanes) is 17. The molecule has 3 unspecified atom stereocenters. The van der Waals surface area contributed by atoms with Crippen LogP contribution in [0.5, 0.6) is 0 Å². The van der Waals surface area contributed by atoms with E-state index in [9.17, 15) is 19.4 Å². The van der Waals surface area contributed by atoms with Crippen LogP contribution >= 0.6 is 7.82 Å². The molecule has 0 heterocycles. The van der Waals surface area contributed by atoms with Crippen molar-refractivity contribution >= 4 is 13.8 Å². The lowest BCUT2D eigenvalue weighted by Gasteiger charge is -2.20. The SMILES string of the molecule is CC/C=C\C/C=C\C/C=C\C/C=C\C/C=C\CCCCCCCCOCC(COP(=O)(O)OCC(O)CO)OC(=O)CCCCCCCCCCCCCC. The highest BCUT2D eigenvalue weighted by Crippen LogP contribution is 2.43. The van der Waals surface area contributed by atoms with Crippen LogP contribution in [-0.4, -0.2) is 66.3 Å². The van der Waals surface area contributed by atoms with E-state index in [0.29, 0.717) is 6.61 Å². The highest BCUT2D eigenvalue weighted by Gasteiger charge is 2.26. The first-order valence-electron chi connectivity index (χ1n) is 21.8. The summed E-state index contributed by atoms with van der Waals surface area (Å²) in [6.07, 6.45) is 47.5. The average Bonchev–Trinajstić information content (AvgIpc) is 3.18. The molecule has 0 rings (SSSR count). The minimum Gasteiger partial charge on any atom is -0.457 e. The van der Waals surface area contributed by atoms with Gasteiger partial charge in [-0.2, -0.15) is 0 Å². The molecule has 0 aliphatic rings. The molecule has 0 amide bonds. The molecule has 0 aliphatic heterocycles. The number of hydrogen-bond acceptors (Lipinski definition) is 8. The number of esters is 1. The van der Waals surface area contributed by atoms with E-state index in [0.717, 1.165) is 77.0 Å². The average molecular weight is 797 g/mol. The van der Waals surface area contributed by atoms with Crippen LogP contribution in [0.15, 0.2) is 60.8 Å². The van der Waals surface area contributed by atoms with Gasteiger partial charge in [0.25, 0.3) is 0 Å². The van der Waals surface area contributed by atoms with Crippen LogP contribution in [0.25, 0.3) is 0 Å². The van der Waals surface area contributed by atoms with Gasteiger partial charge in [-0.1, -0.05) is 171 Å². The number of hydrogen-bond donors (Lipinski definition) is 3. The molecule has 0 radical (unpaired) electrons. The Balaban J connectivity index is 4.17. The third-order valence-electron chi connectivity index (χ3n) is 8.97. The number of rotatable bonds is 41. The molecule has 0 aliphatic carbocycles. The summed E-state index contributed by atoms with van der Waals surface area (Å²) in [6.45, 7) is 3.36. The van der Waals surface area contributed by atoms with Crippen molar-refractivity contribution in [2.75, 3.05) is 33.0 Å². The monoisotopic (exact) mass is 797 g/mol. The number of carbonyl (C=O) groups is 1.